The Bertz CT molecular complexity index is 108. The van der Waals surface area contributed by atoms with Crippen molar-refractivity contribution in [3.05, 3.63) is 0 Å². The molecule has 0 atom stereocenters. The van der Waals surface area contributed by atoms with Crippen molar-refractivity contribution in [1.82, 2.24) is 10.9 Å². The number of nitrogens with one attached hydrogen (secondary N) is 2. The minimum Gasteiger partial charge on any atom is -0.322 e. The van der Waals surface area contributed by atoms with E-state index >= 15 is 0 Å². The Hall–Kier alpha value is -0.770. The zero-order valence-corrected chi connectivity index (χ0v) is 6.81. The van der Waals surface area contributed by atoms with E-state index in [0.29, 0.717) is 5.92 Å². The molecule has 10 heavy (non-hydrogen) atoms. The molecule has 4 nitrogen and oxygen atoms in total. The van der Waals surface area contributed by atoms with Crippen LogP contribution in [0.25, 0.3) is 0 Å². The van der Waals surface area contributed by atoms with Gasteiger partial charge < -0.3 is 11.3 Å². The van der Waals surface area contributed by atoms with E-state index in [1.165, 1.54) is 0 Å². The normalized spacial score (nSPS) is 12.2. The van der Waals surface area contributed by atoms with Crippen LogP contribution in [-0.4, -0.2) is 12.4 Å². The van der Waals surface area contributed by atoms with Crippen molar-refractivity contribution in [3.8, 4) is 0 Å². The number of nitrogens with zero attached hydrogens (tertiary/aromatic N) is 1. The molecular weight excluding hydrogens is 128 g/mol. The monoisotopic (exact) mass is 144 g/mol. The van der Waals surface area contributed by atoms with Crippen LogP contribution in [0.2, 0.25) is 0 Å². The van der Waals surface area contributed by atoms with Crippen LogP contribution in [0.4, 0.5) is 0 Å². The molecule has 0 radical (unpaired) electrons. The summed E-state index contributed by atoms with van der Waals surface area (Å²) >= 11 is 0. The molecule has 0 aromatic heterocycles. The molecule has 0 aliphatic carbocycles. The fourth-order valence-corrected chi connectivity index (χ4v) is 0.505. The molecule has 0 unspecified atom stereocenters. The summed E-state index contributed by atoms with van der Waals surface area (Å²) in [6, 6.07) is 0. The van der Waals surface area contributed by atoms with Crippen LogP contribution in [0.5, 0.6) is 0 Å². The summed E-state index contributed by atoms with van der Waals surface area (Å²) in [7, 11) is 0. The standard InChI is InChI=1S/C6H16N4/c1-4-8-10-6(9-7)5(2)3/h5,8H,4,7H2,1-3H3,(H,9,10). The maximum Gasteiger partial charge on any atom is 0.138 e. The van der Waals surface area contributed by atoms with Crippen molar-refractivity contribution in [2.45, 2.75) is 20.8 Å². The largest absolute Gasteiger partial charge is 0.322 e. The number of rotatable bonds is 3. The van der Waals surface area contributed by atoms with E-state index in [4.69, 9.17) is 5.84 Å². The van der Waals surface area contributed by atoms with Crippen molar-refractivity contribution in [2.75, 3.05) is 6.54 Å². The quantitative estimate of drug-likeness (QED) is 0.227. The van der Waals surface area contributed by atoms with E-state index < -0.39 is 0 Å². The number of nitrogens with two attached hydrogens (primary N) is 1. The molecule has 60 valence electrons. The van der Waals surface area contributed by atoms with Gasteiger partial charge in [0.2, 0.25) is 0 Å². The minimum atomic E-state index is 0.337. The Balaban J connectivity index is 3.63. The van der Waals surface area contributed by atoms with Crippen LogP contribution >= 0.6 is 0 Å². The summed E-state index contributed by atoms with van der Waals surface area (Å²) in [6.07, 6.45) is 0. The Kier molecular flexibility index (Phi) is 4.66. The van der Waals surface area contributed by atoms with Gasteiger partial charge in [0.25, 0.3) is 0 Å². The van der Waals surface area contributed by atoms with Crippen LogP contribution < -0.4 is 16.7 Å². The maximum absolute atomic E-state index is 5.10. The van der Waals surface area contributed by atoms with Gasteiger partial charge in [-0.3, -0.25) is 0 Å². The van der Waals surface area contributed by atoms with Crippen molar-refractivity contribution in [1.29, 1.82) is 0 Å². The molecule has 0 saturated carbocycles. The topological polar surface area (TPSA) is 62.4 Å². The molecule has 0 aromatic rings. The first-order valence-electron chi connectivity index (χ1n) is 3.49. The van der Waals surface area contributed by atoms with E-state index in [0.717, 1.165) is 12.4 Å². The van der Waals surface area contributed by atoms with Gasteiger partial charge in [0.15, 0.2) is 0 Å². The fraction of sp³-hybridized carbons (Fsp3) is 0.833. The highest BCUT2D eigenvalue weighted by atomic mass is 15.4. The summed E-state index contributed by atoms with van der Waals surface area (Å²) in [6.45, 7) is 6.90. The Morgan fingerprint density at radius 2 is 2.20 bits per heavy atom. The van der Waals surface area contributed by atoms with E-state index in [-0.39, 0.29) is 0 Å². The molecule has 4 heteroatoms. The third-order valence-corrected chi connectivity index (χ3v) is 1.08. The Morgan fingerprint density at radius 1 is 1.60 bits per heavy atom. The van der Waals surface area contributed by atoms with E-state index in [1.807, 2.05) is 20.8 Å². The highest BCUT2D eigenvalue weighted by Crippen LogP contribution is 1.90. The average Bonchev–Trinajstić information content (AvgIpc) is 1.89. The van der Waals surface area contributed by atoms with Gasteiger partial charge in [-0.2, -0.15) is 5.10 Å². The first-order valence-corrected chi connectivity index (χ1v) is 3.49. The lowest BCUT2D eigenvalue weighted by Gasteiger charge is -2.10. The molecule has 4 N–H and O–H groups in total. The summed E-state index contributed by atoms with van der Waals surface area (Å²) in [4.78, 5) is 0. The van der Waals surface area contributed by atoms with E-state index in [1.54, 1.807) is 0 Å². The van der Waals surface area contributed by atoms with Crippen LogP contribution in [0.1, 0.15) is 20.8 Å². The molecule has 0 bridgehead atoms. The highest BCUT2D eigenvalue weighted by Gasteiger charge is 2.01. The number of hydrogen-bond acceptors (Lipinski definition) is 3. The molecule has 0 spiro atoms. The Labute approximate surface area is 61.8 Å². The summed E-state index contributed by atoms with van der Waals surface area (Å²) in [5.41, 5.74) is 5.81. The van der Waals surface area contributed by atoms with Gasteiger partial charge in [0.05, 0.1) is 0 Å². The second kappa shape index (κ2) is 5.05. The average molecular weight is 144 g/mol. The van der Waals surface area contributed by atoms with Gasteiger partial charge in [-0.05, 0) is 0 Å². The van der Waals surface area contributed by atoms with Crippen LogP contribution in [0.15, 0.2) is 5.10 Å². The number of hydrazine groups is 1. The number of hydrogen-bond donors (Lipinski definition) is 3. The van der Waals surface area contributed by atoms with Crippen LogP contribution in [0.3, 0.4) is 0 Å². The van der Waals surface area contributed by atoms with Gasteiger partial charge >= 0.3 is 0 Å². The number of hydrazone groups is 1. The smallest absolute Gasteiger partial charge is 0.138 e. The third kappa shape index (κ3) is 3.29. The van der Waals surface area contributed by atoms with Crippen LogP contribution in [-0.2, 0) is 0 Å². The first-order chi connectivity index (χ1) is 4.72. The molecule has 0 saturated heterocycles. The van der Waals surface area contributed by atoms with Gasteiger partial charge in [0.1, 0.15) is 5.84 Å². The lowest BCUT2D eigenvalue weighted by molar-refractivity contribution is 0.649. The zero-order chi connectivity index (χ0) is 7.98. The number of amidine groups is 1. The van der Waals surface area contributed by atoms with Crippen molar-refractivity contribution in [2.24, 2.45) is 16.9 Å². The van der Waals surface area contributed by atoms with Crippen LogP contribution in [0, 0.1) is 5.92 Å². The Morgan fingerprint density at radius 3 is 2.50 bits per heavy atom. The highest BCUT2D eigenvalue weighted by molar-refractivity contribution is 5.83. The predicted molar refractivity (Wildman–Crippen MR) is 43.3 cm³/mol. The molecule has 0 rings (SSSR count). The summed E-state index contributed by atoms with van der Waals surface area (Å²) in [5, 5.41) is 3.57. The fourth-order valence-electron chi connectivity index (χ4n) is 0.505. The maximum atomic E-state index is 5.10. The minimum absolute atomic E-state index is 0.337. The van der Waals surface area contributed by atoms with Crippen molar-refractivity contribution >= 4 is 5.84 Å². The SMILES string of the molecule is CCNN/C(=N\N)C(C)C. The second-order valence-electron chi connectivity index (χ2n) is 2.32. The molecule has 0 aliphatic rings. The van der Waals surface area contributed by atoms with Crippen molar-refractivity contribution in [3.63, 3.8) is 0 Å². The zero-order valence-electron chi connectivity index (χ0n) is 6.81. The van der Waals surface area contributed by atoms with E-state index in [2.05, 4.69) is 16.0 Å². The lowest BCUT2D eigenvalue weighted by atomic mass is 10.2. The second-order valence-corrected chi connectivity index (χ2v) is 2.32. The third-order valence-electron chi connectivity index (χ3n) is 1.08. The molecule has 0 amide bonds. The predicted octanol–water partition coefficient (Wildman–Crippen LogP) is 0.0287. The van der Waals surface area contributed by atoms with Gasteiger partial charge in [-0.1, -0.05) is 20.8 Å². The first kappa shape index (κ1) is 9.23. The van der Waals surface area contributed by atoms with Crippen molar-refractivity contribution < 1.29 is 0 Å². The summed E-state index contributed by atoms with van der Waals surface area (Å²) < 4.78 is 0. The molecule has 0 fully saturated rings. The van der Waals surface area contributed by atoms with Gasteiger partial charge in [0, 0.05) is 12.5 Å². The molecule has 0 aromatic carbocycles. The van der Waals surface area contributed by atoms with E-state index in [9.17, 15) is 0 Å². The summed E-state index contributed by atoms with van der Waals surface area (Å²) in [5.74, 6) is 6.22. The molecule has 0 aliphatic heterocycles. The van der Waals surface area contributed by atoms with Gasteiger partial charge in [-0.25, -0.2) is 5.43 Å². The molecule has 0 heterocycles. The van der Waals surface area contributed by atoms with Gasteiger partial charge in [-0.15, -0.1) is 0 Å². The lowest BCUT2D eigenvalue weighted by Crippen LogP contribution is -2.40. The molecular formula is C6H16N4.